The molecule has 0 saturated carbocycles. The molecule has 3 nitrogen and oxygen atoms in total. The average molecular weight is 269 g/mol. The highest BCUT2D eigenvalue weighted by Crippen LogP contribution is 2.21. The van der Waals surface area contributed by atoms with E-state index in [1.807, 2.05) is 0 Å². The topological polar surface area (TPSA) is 18.5 Å². The molecule has 1 unspecified atom stereocenters. The Kier molecular flexibility index (Phi) is 3.90. The van der Waals surface area contributed by atoms with Crippen LogP contribution >= 0.6 is 0 Å². The Bertz CT molecular complexity index is 581. The molecule has 1 heterocycles. The standard InChI is InChI=1S/C17H23N3/c1-19-10-9-18-12-17(19)13-20(2)16-8-7-14-5-3-4-6-15(14)11-16/h3-8,11,17-18H,9-10,12-13H2,1-2H3. The lowest BCUT2D eigenvalue weighted by atomic mass is 10.1. The molecule has 0 aliphatic carbocycles. The molecule has 1 atom stereocenters. The van der Waals surface area contributed by atoms with Crippen molar-refractivity contribution in [3.8, 4) is 0 Å². The van der Waals surface area contributed by atoms with Gasteiger partial charge in [0.1, 0.15) is 0 Å². The molecule has 20 heavy (non-hydrogen) atoms. The van der Waals surface area contributed by atoms with Crippen molar-refractivity contribution in [3.63, 3.8) is 0 Å². The predicted molar refractivity (Wildman–Crippen MR) is 86.5 cm³/mol. The summed E-state index contributed by atoms with van der Waals surface area (Å²) in [5.74, 6) is 0. The monoisotopic (exact) mass is 269 g/mol. The number of likely N-dealkylation sites (N-methyl/N-ethyl adjacent to an activating group) is 2. The molecular formula is C17H23N3. The zero-order valence-electron chi connectivity index (χ0n) is 12.3. The average Bonchev–Trinajstić information content (AvgIpc) is 2.49. The minimum atomic E-state index is 0.584. The first-order valence-electron chi connectivity index (χ1n) is 7.35. The Morgan fingerprint density at radius 2 is 2.00 bits per heavy atom. The number of hydrogen-bond acceptors (Lipinski definition) is 3. The lowest BCUT2D eigenvalue weighted by Gasteiger charge is -2.36. The molecule has 1 fully saturated rings. The predicted octanol–water partition coefficient (Wildman–Crippen LogP) is 2.18. The van der Waals surface area contributed by atoms with E-state index in [4.69, 9.17) is 0 Å². The first-order valence-corrected chi connectivity index (χ1v) is 7.35. The third-order valence-electron chi connectivity index (χ3n) is 4.30. The second kappa shape index (κ2) is 5.81. The summed E-state index contributed by atoms with van der Waals surface area (Å²) in [5.41, 5.74) is 1.29. The van der Waals surface area contributed by atoms with E-state index in [1.54, 1.807) is 0 Å². The number of nitrogens with one attached hydrogen (secondary N) is 1. The minimum absolute atomic E-state index is 0.584. The van der Waals surface area contributed by atoms with Crippen molar-refractivity contribution in [2.75, 3.05) is 45.2 Å². The van der Waals surface area contributed by atoms with Gasteiger partial charge in [-0.15, -0.1) is 0 Å². The van der Waals surface area contributed by atoms with Gasteiger partial charge in [0.15, 0.2) is 0 Å². The molecule has 0 radical (unpaired) electrons. The Balaban J connectivity index is 1.76. The van der Waals surface area contributed by atoms with Crippen LogP contribution in [-0.4, -0.2) is 51.2 Å². The fraction of sp³-hybridized carbons (Fsp3) is 0.412. The van der Waals surface area contributed by atoms with E-state index >= 15 is 0 Å². The number of rotatable bonds is 3. The highest BCUT2D eigenvalue weighted by Gasteiger charge is 2.20. The molecule has 1 saturated heterocycles. The molecule has 0 aromatic heterocycles. The number of hydrogen-bond donors (Lipinski definition) is 1. The van der Waals surface area contributed by atoms with Gasteiger partial charge < -0.3 is 10.2 Å². The van der Waals surface area contributed by atoms with Gasteiger partial charge >= 0.3 is 0 Å². The second-order valence-corrected chi connectivity index (χ2v) is 5.75. The molecule has 1 N–H and O–H groups in total. The van der Waals surface area contributed by atoms with Crippen LogP contribution in [-0.2, 0) is 0 Å². The van der Waals surface area contributed by atoms with E-state index in [2.05, 4.69) is 71.7 Å². The Morgan fingerprint density at radius 1 is 1.20 bits per heavy atom. The van der Waals surface area contributed by atoms with Crippen LogP contribution in [0.4, 0.5) is 5.69 Å². The van der Waals surface area contributed by atoms with E-state index in [1.165, 1.54) is 16.5 Å². The van der Waals surface area contributed by atoms with Crippen molar-refractivity contribution in [2.24, 2.45) is 0 Å². The number of nitrogens with zero attached hydrogens (tertiary/aromatic N) is 2. The zero-order valence-corrected chi connectivity index (χ0v) is 12.3. The van der Waals surface area contributed by atoms with Crippen molar-refractivity contribution in [2.45, 2.75) is 6.04 Å². The quantitative estimate of drug-likeness (QED) is 0.921. The van der Waals surface area contributed by atoms with E-state index in [0.29, 0.717) is 6.04 Å². The molecule has 0 bridgehead atoms. The van der Waals surface area contributed by atoms with Crippen LogP contribution in [0.15, 0.2) is 42.5 Å². The van der Waals surface area contributed by atoms with Gasteiger partial charge in [0.25, 0.3) is 0 Å². The van der Waals surface area contributed by atoms with E-state index in [0.717, 1.165) is 26.2 Å². The molecule has 1 aliphatic heterocycles. The van der Waals surface area contributed by atoms with Gasteiger partial charge in [-0.3, -0.25) is 4.90 Å². The van der Waals surface area contributed by atoms with Gasteiger partial charge in [-0.05, 0) is 30.0 Å². The van der Waals surface area contributed by atoms with Gasteiger partial charge in [0.05, 0.1) is 0 Å². The SMILES string of the molecule is CN(CC1CNCCN1C)c1ccc2ccccc2c1. The summed E-state index contributed by atoms with van der Waals surface area (Å²) in [5, 5.41) is 6.10. The molecule has 2 aromatic carbocycles. The van der Waals surface area contributed by atoms with Gasteiger partial charge in [0.2, 0.25) is 0 Å². The third-order valence-corrected chi connectivity index (χ3v) is 4.30. The maximum absolute atomic E-state index is 3.48. The smallest absolute Gasteiger partial charge is 0.0393 e. The second-order valence-electron chi connectivity index (χ2n) is 5.75. The van der Waals surface area contributed by atoms with Gasteiger partial charge in [-0.25, -0.2) is 0 Å². The molecule has 0 amide bonds. The van der Waals surface area contributed by atoms with Crippen molar-refractivity contribution < 1.29 is 0 Å². The fourth-order valence-electron chi connectivity index (χ4n) is 2.90. The van der Waals surface area contributed by atoms with Crippen molar-refractivity contribution in [1.29, 1.82) is 0 Å². The highest BCUT2D eigenvalue weighted by atomic mass is 15.2. The maximum Gasteiger partial charge on any atom is 0.0393 e. The Labute approximate surface area is 121 Å². The summed E-state index contributed by atoms with van der Waals surface area (Å²) in [7, 11) is 4.41. The maximum atomic E-state index is 3.48. The van der Waals surface area contributed by atoms with E-state index in [9.17, 15) is 0 Å². The summed E-state index contributed by atoms with van der Waals surface area (Å²) in [4.78, 5) is 4.81. The van der Waals surface area contributed by atoms with Crippen LogP contribution in [0.25, 0.3) is 10.8 Å². The lowest BCUT2D eigenvalue weighted by Crippen LogP contribution is -2.53. The van der Waals surface area contributed by atoms with Crippen molar-refractivity contribution in [3.05, 3.63) is 42.5 Å². The molecule has 2 aromatic rings. The van der Waals surface area contributed by atoms with Crippen molar-refractivity contribution in [1.82, 2.24) is 10.2 Å². The van der Waals surface area contributed by atoms with E-state index in [-0.39, 0.29) is 0 Å². The summed E-state index contributed by atoms with van der Waals surface area (Å²) in [6.07, 6.45) is 0. The molecule has 0 spiro atoms. The van der Waals surface area contributed by atoms with Crippen LogP contribution in [0.3, 0.4) is 0 Å². The van der Waals surface area contributed by atoms with Crippen LogP contribution < -0.4 is 10.2 Å². The Morgan fingerprint density at radius 3 is 2.80 bits per heavy atom. The van der Waals surface area contributed by atoms with Gasteiger partial charge in [0, 0.05) is 45.0 Å². The van der Waals surface area contributed by atoms with E-state index < -0.39 is 0 Å². The van der Waals surface area contributed by atoms with Crippen LogP contribution in [0.1, 0.15) is 0 Å². The lowest BCUT2D eigenvalue weighted by molar-refractivity contribution is 0.204. The number of fused-ring (bicyclic) bond motifs is 1. The molecule has 3 rings (SSSR count). The first-order chi connectivity index (χ1) is 9.74. The molecule has 106 valence electrons. The highest BCUT2D eigenvalue weighted by molar-refractivity contribution is 5.85. The summed E-state index contributed by atoms with van der Waals surface area (Å²) >= 11 is 0. The molecule has 1 aliphatic rings. The molecular weight excluding hydrogens is 246 g/mol. The molecule has 3 heteroatoms. The normalized spacial score (nSPS) is 20.2. The largest absolute Gasteiger partial charge is 0.373 e. The van der Waals surface area contributed by atoms with Gasteiger partial charge in [-0.2, -0.15) is 0 Å². The first kappa shape index (κ1) is 13.4. The summed E-state index contributed by atoms with van der Waals surface area (Å²) < 4.78 is 0. The van der Waals surface area contributed by atoms with Crippen LogP contribution in [0.2, 0.25) is 0 Å². The van der Waals surface area contributed by atoms with Gasteiger partial charge in [-0.1, -0.05) is 30.3 Å². The fourth-order valence-corrected chi connectivity index (χ4v) is 2.90. The third kappa shape index (κ3) is 2.79. The Hall–Kier alpha value is -1.58. The van der Waals surface area contributed by atoms with Crippen LogP contribution in [0.5, 0.6) is 0 Å². The van der Waals surface area contributed by atoms with Crippen molar-refractivity contribution >= 4 is 16.5 Å². The number of anilines is 1. The number of benzene rings is 2. The summed E-state index contributed by atoms with van der Waals surface area (Å²) in [6, 6.07) is 15.8. The van der Waals surface area contributed by atoms with Crippen LogP contribution in [0, 0.1) is 0 Å². The number of piperazine rings is 1. The zero-order chi connectivity index (χ0) is 13.9. The minimum Gasteiger partial charge on any atom is -0.373 e. The summed E-state index contributed by atoms with van der Waals surface area (Å²) in [6.45, 7) is 4.37.